The molecule has 732 valence electrons. The molecule has 15 atom stereocenters. The molecule has 0 aromatic carbocycles. The lowest BCUT2D eigenvalue weighted by Gasteiger charge is -2.42. The molecule has 1 rings (SSSR count). The number of carbonyl (C=O) groups excluding carboxylic acids is 9. The van der Waals surface area contributed by atoms with Crippen molar-refractivity contribution < 1.29 is 166 Å². The smallest absolute Gasteiger partial charge is 0.222 e. The van der Waals surface area contributed by atoms with E-state index in [9.17, 15) is 99.3 Å². The van der Waals surface area contributed by atoms with Gasteiger partial charge in [-0.15, -0.1) is 0 Å². The van der Waals surface area contributed by atoms with Crippen LogP contribution in [0.15, 0.2) is 0 Å². The number of hydrogen-bond donors (Lipinski definition) is 20. The Morgan fingerprint density at radius 2 is 0.696 bits per heavy atom. The highest BCUT2D eigenvalue weighted by Gasteiger charge is 2.46. The Kier molecular flexibility index (Phi) is 71.3. The van der Waals surface area contributed by atoms with Crippen molar-refractivity contribution in [3.63, 3.8) is 0 Å². The number of aliphatic hydroxyl groups excluding tert-OH is 11. The number of hydrogen-bond acceptors (Lipinski definition) is 34. The molecule has 1 fully saturated rings. The maximum atomic E-state index is 14.0. The SMILES string of the molecule is COCCCCCCNC(=O)CCCCCCCCCNC(=O)CCCCCCC(=O)NC(COCCC(=O)NCCOCCOCCO[C@@H]1OC(CO)[C@H](O)[C@H](O)C1NC(C)=O)(COCCC(=O)NCCOCCOCCO[C@H](O)C(NC(C)=O)[C@@H](O)[C@@H](O)C(C)CO)COCCC(=O)NCCOCCOCCO[C@H](O)C(NC(C)=O)[C@@H](O)[C@@H](O)C(C)CO. The number of unbranched alkanes of at least 4 members (excludes halogenated alkanes) is 12. The van der Waals surface area contributed by atoms with Crippen LogP contribution in [0.4, 0.5) is 0 Å². The number of aliphatic hydroxyl groups is 11. The minimum atomic E-state index is -1.73. The molecule has 1 heterocycles. The van der Waals surface area contributed by atoms with Crippen molar-refractivity contribution in [2.75, 3.05) is 205 Å². The molecule has 43 nitrogen and oxygen atoms in total. The van der Waals surface area contributed by atoms with Gasteiger partial charge in [0.15, 0.2) is 18.9 Å². The summed E-state index contributed by atoms with van der Waals surface area (Å²) in [6, 6.07) is -3.94. The van der Waals surface area contributed by atoms with E-state index in [4.69, 9.17) is 66.3 Å². The second-order valence-corrected chi connectivity index (χ2v) is 30.8. The molecular weight excluding hydrogens is 1650 g/mol. The predicted octanol–water partition coefficient (Wildman–Crippen LogP) is -4.25. The molecule has 0 bridgehead atoms. The summed E-state index contributed by atoms with van der Waals surface area (Å²) < 4.78 is 78.4. The van der Waals surface area contributed by atoms with Crippen LogP contribution in [0.5, 0.6) is 0 Å². The number of carbonyl (C=O) groups is 9. The largest absolute Gasteiger partial charge is 0.396 e. The summed E-state index contributed by atoms with van der Waals surface area (Å²) in [7, 11) is 1.70. The zero-order valence-electron chi connectivity index (χ0n) is 74.5. The Morgan fingerprint density at radius 1 is 0.360 bits per heavy atom. The molecule has 9 amide bonds. The Morgan fingerprint density at radius 3 is 1.06 bits per heavy atom. The molecule has 43 heteroatoms. The van der Waals surface area contributed by atoms with Crippen LogP contribution in [0.1, 0.15) is 169 Å². The zero-order valence-corrected chi connectivity index (χ0v) is 74.5. The van der Waals surface area contributed by atoms with Crippen molar-refractivity contribution in [2.45, 2.75) is 255 Å². The topological polar surface area (TPSA) is 614 Å². The number of amides is 9. The summed E-state index contributed by atoms with van der Waals surface area (Å²) in [4.78, 5) is 113. The Bertz CT molecular complexity index is 2700. The first kappa shape index (κ1) is 117. The fraction of sp³-hybridized carbons (Fsp3) is 0.890. The van der Waals surface area contributed by atoms with Crippen LogP contribution in [0.3, 0.4) is 0 Å². The molecule has 0 aromatic heterocycles. The van der Waals surface area contributed by atoms with Crippen molar-refractivity contribution in [3.05, 3.63) is 0 Å². The maximum absolute atomic E-state index is 14.0. The van der Waals surface area contributed by atoms with Crippen LogP contribution in [-0.4, -0.2) is 400 Å². The molecule has 6 unspecified atom stereocenters. The average molecular weight is 1810 g/mol. The number of ether oxygens (including phenoxy) is 14. The van der Waals surface area contributed by atoms with Gasteiger partial charge < -0.3 is 170 Å². The lowest BCUT2D eigenvalue weighted by atomic mass is 9.95. The van der Waals surface area contributed by atoms with Crippen molar-refractivity contribution >= 4 is 53.2 Å². The molecule has 0 aromatic rings. The quantitative estimate of drug-likeness (QED) is 0.0203. The van der Waals surface area contributed by atoms with E-state index >= 15 is 0 Å². The summed E-state index contributed by atoms with van der Waals surface area (Å²) in [5.41, 5.74) is -1.46. The summed E-state index contributed by atoms with van der Waals surface area (Å²) in [5, 5.41) is 136. The molecule has 1 saturated heterocycles. The second kappa shape index (κ2) is 76.0. The van der Waals surface area contributed by atoms with Gasteiger partial charge >= 0.3 is 0 Å². The molecular formula is C82H155N9O34. The van der Waals surface area contributed by atoms with E-state index in [1.165, 1.54) is 20.8 Å². The van der Waals surface area contributed by atoms with E-state index in [-0.39, 0.29) is 196 Å². The monoisotopic (exact) mass is 1810 g/mol. The molecule has 125 heavy (non-hydrogen) atoms. The van der Waals surface area contributed by atoms with Crippen molar-refractivity contribution in [1.29, 1.82) is 0 Å². The number of rotatable bonds is 84. The second-order valence-electron chi connectivity index (χ2n) is 30.8. The van der Waals surface area contributed by atoms with E-state index in [0.717, 1.165) is 91.1 Å². The first-order valence-electron chi connectivity index (χ1n) is 44.0. The summed E-state index contributed by atoms with van der Waals surface area (Å²) >= 11 is 0. The minimum absolute atomic E-state index is 0.0295. The van der Waals surface area contributed by atoms with Crippen LogP contribution in [0, 0.1) is 11.8 Å². The van der Waals surface area contributed by atoms with Gasteiger partial charge in [-0.05, 0) is 38.5 Å². The maximum Gasteiger partial charge on any atom is 0.222 e. The van der Waals surface area contributed by atoms with Gasteiger partial charge in [0.05, 0.1) is 158 Å². The molecule has 0 aliphatic carbocycles. The standard InChI is InChI=1S/C82H155N9O34/c1-58(52-92)73(104)76(107)70(88-60(3)95)79(110)122-49-46-116-43-40-113-37-30-85-66(100)25-34-119-55-82(56-120-35-26-67(101)86-31-38-114-41-44-117-47-50-123-80(111)71(89-61(4)96)77(108)74(105)59(2)53-93,57-121-36-27-68(102)87-32-39-115-42-45-118-48-51-124-81-72(90-62(5)97)78(109)75(106)63(54-94)125-81)91-69(103)24-18-12-11-17-23-65(99)83-28-19-13-9-7-8-10-16-22-64(98)84-29-20-14-15-21-33-112-6/h58-59,63,70-81,92-94,104-111H,7-57H2,1-6H3,(H,83,99)(H,84,98)(H,85,100)(H,86,101)(H,87,102)(H,88,95)(H,89,96)(H,90,97)(H,91,103)/t58?,59?,63?,70?,71?,72?,73-,74-,75-,76+,77+,78+,79-,80-,81+,82?/m0/s1. The highest BCUT2D eigenvalue weighted by atomic mass is 16.7. The van der Waals surface area contributed by atoms with Gasteiger partial charge in [-0.25, -0.2) is 0 Å². The third kappa shape index (κ3) is 59.9. The first-order chi connectivity index (χ1) is 60.1. The van der Waals surface area contributed by atoms with E-state index in [1.807, 2.05) is 0 Å². The van der Waals surface area contributed by atoms with Gasteiger partial charge in [-0.1, -0.05) is 71.6 Å². The lowest BCUT2D eigenvalue weighted by Crippen LogP contribution is -2.64. The molecule has 0 radical (unpaired) electrons. The van der Waals surface area contributed by atoms with Gasteiger partial charge in [-0.2, -0.15) is 0 Å². The predicted molar refractivity (Wildman–Crippen MR) is 449 cm³/mol. The van der Waals surface area contributed by atoms with Gasteiger partial charge in [0.1, 0.15) is 54.2 Å². The van der Waals surface area contributed by atoms with E-state index in [2.05, 4.69) is 47.9 Å². The van der Waals surface area contributed by atoms with Gasteiger partial charge in [0.2, 0.25) is 53.2 Å². The van der Waals surface area contributed by atoms with Crippen molar-refractivity contribution in [3.8, 4) is 0 Å². The highest BCUT2D eigenvalue weighted by Crippen LogP contribution is 2.23. The van der Waals surface area contributed by atoms with Gasteiger partial charge in [-0.3, -0.25) is 43.2 Å². The minimum Gasteiger partial charge on any atom is -0.396 e. The van der Waals surface area contributed by atoms with E-state index in [0.29, 0.717) is 51.6 Å². The summed E-state index contributed by atoms with van der Waals surface area (Å²) in [5.74, 6) is -4.81. The van der Waals surface area contributed by atoms with Crippen LogP contribution in [0.25, 0.3) is 0 Å². The van der Waals surface area contributed by atoms with Crippen LogP contribution >= 0.6 is 0 Å². The van der Waals surface area contributed by atoms with Crippen molar-refractivity contribution in [1.82, 2.24) is 47.9 Å². The van der Waals surface area contributed by atoms with Crippen molar-refractivity contribution in [2.24, 2.45) is 11.8 Å². The third-order valence-electron chi connectivity index (χ3n) is 19.7. The molecule has 1 aliphatic rings. The third-order valence-corrected chi connectivity index (χ3v) is 19.7. The normalized spacial score (nSPS) is 18.2. The molecule has 0 saturated carbocycles. The molecule has 0 spiro atoms. The first-order valence-corrected chi connectivity index (χ1v) is 44.0. The Balaban J connectivity index is 3.02. The van der Waals surface area contributed by atoms with E-state index < -0.39 is 158 Å². The van der Waals surface area contributed by atoms with Crippen LogP contribution in [0.2, 0.25) is 0 Å². The molecule has 20 N–H and O–H groups in total. The van der Waals surface area contributed by atoms with Gasteiger partial charge in [0.25, 0.3) is 0 Å². The highest BCUT2D eigenvalue weighted by molar-refractivity contribution is 5.78. The number of nitrogens with one attached hydrogen (secondary N) is 9. The zero-order chi connectivity index (χ0) is 92.7. The molecule has 1 aliphatic heterocycles. The van der Waals surface area contributed by atoms with E-state index in [1.54, 1.807) is 7.11 Å². The lowest BCUT2D eigenvalue weighted by molar-refractivity contribution is -0.272. The summed E-state index contributed by atoms with van der Waals surface area (Å²) in [6.45, 7) is 6.62. The van der Waals surface area contributed by atoms with Gasteiger partial charge in [0, 0.05) is 131 Å². The Labute approximate surface area is 735 Å². The average Bonchev–Trinajstić information content (AvgIpc) is 0.807. The summed E-state index contributed by atoms with van der Waals surface area (Å²) in [6.07, 6.45) is -1.17. The number of methoxy groups -OCH3 is 1. The fourth-order valence-corrected chi connectivity index (χ4v) is 12.4. The Hall–Kier alpha value is -5.77. The fourth-order valence-electron chi connectivity index (χ4n) is 12.4. The van der Waals surface area contributed by atoms with Crippen LogP contribution < -0.4 is 47.9 Å². The van der Waals surface area contributed by atoms with Crippen LogP contribution in [-0.2, 0) is 109 Å².